The first-order valence-electron chi connectivity index (χ1n) is 5.02. The summed E-state index contributed by atoms with van der Waals surface area (Å²) in [6.45, 7) is 2.55. The Balaban J connectivity index is 2.60. The molecule has 1 heterocycles. The zero-order chi connectivity index (χ0) is 12.1. The van der Waals surface area contributed by atoms with Gasteiger partial charge in [-0.2, -0.15) is 0 Å². The van der Waals surface area contributed by atoms with Crippen LogP contribution in [0.3, 0.4) is 0 Å². The molecule has 16 heavy (non-hydrogen) atoms. The first-order chi connectivity index (χ1) is 7.50. The van der Waals surface area contributed by atoms with Gasteiger partial charge in [0, 0.05) is 29.6 Å². The molecule has 0 aliphatic carbocycles. The summed E-state index contributed by atoms with van der Waals surface area (Å²) >= 11 is 9.11. The number of halogens is 2. The topological polar surface area (TPSA) is 33.2 Å². The number of nitrogens with zero attached hydrogens (tertiary/aromatic N) is 2. The summed E-state index contributed by atoms with van der Waals surface area (Å²) in [6, 6.07) is 3.51. The molecule has 5 heteroatoms. The van der Waals surface area contributed by atoms with E-state index in [2.05, 4.69) is 20.9 Å². The third kappa shape index (κ3) is 4.10. The lowest BCUT2D eigenvalue weighted by atomic mass is 10.3. The van der Waals surface area contributed by atoms with Crippen molar-refractivity contribution in [3.05, 3.63) is 28.5 Å². The Morgan fingerprint density at radius 3 is 2.81 bits per heavy atom. The number of carbonyl (C=O) groups excluding carboxylic acids is 1. The van der Waals surface area contributed by atoms with Crippen LogP contribution >= 0.6 is 27.5 Å². The monoisotopic (exact) mass is 304 g/mol. The van der Waals surface area contributed by atoms with E-state index in [9.17, 15) is 4.79 Å². The van der Waals surface area contributed by atoms with Gasteiger partial charge in [0.05, 0.1) is 0 Å². The smallest absolute Gasteiger partial charge is 0.272 e. The maximum absolute atomic E-state index is 11.9. The number of hydrogen-bond acceptors (Lipinski definition) is 2. The molecule has 0 bridgehead atoms. The molecule has 0 aliphatic heterocycles. The van der Waals surface area contributed by atoms with Crippen molar-refractivity contribution in [3.8, 4) is 0 Å². The maximum atomic E-state index is 11.9. The van der Waals surface area contributed by atoms with Gasteiger partial charge >= 0.3 is 0 Å². The highest BCUT2D eigenvalue weighted by Crippen LogP contribution is 2.09. The fourth-order valence-electron chi connectivity index (χ4n) is 1.17. The molecule has 1 atom stereocenters. The molecule has 0 aromatic carbocycles. The predicted molar refractivity (Wildman–Crippen MR) is 68.8 cm³/mol. The van der Waals surface area contributed by atoms with Gasteiger partial charge in [-0.15, -0.1) is 11.6 Å². The highest BCUT2D eigenvalue weighted by atomic mass is 79.9. The van der Waals surface area contributed by atoms with Gasteiger partial charge in [-0.1, -0.05) is 0 Å². The SMILES string of the molecule is CC(Cl)CCN(C)C(=O)c1ccc(Br)cn1. The Morgan fingerprint density at radius 2 is 2.31 bits per heavy atom. The minimum atomic E-state index is -0.0789. The summed E-state index contributed by atoms with van der Waals surface area (Å²) in [5.74, 6) is -0.0789. The van der Waals surface area contributed by atoms with E-state index in [1.54, 1.807) is 30.3 Å². The number of amides is 1. The Labute approximate surface area is 109 Å². The van der Waals surface area contributed by atoms with Crippen LogP contribution in [0.1, 0.15) is 23.8 Å². The van der Waals surface area contributed by atoms with Crippen LogP contribution in [0, 0.1) is 0 Å². The number of carbonyl (C=O) groups is 1. The van der Waals surface area contributed by atoms with Crippen molar-refractivity contribution < 1.29 is 4.79 Å². The van der Waals surface area contributed by atoms with E-state index in [4.69, 9.17) is 11.6 Å². The Bertz CT molecular complexity index is 354. The minimum Gasteiger partial charge on any atom is -0.340 e. The fourth-order valence-corrected chi connectivity index (χ4v) is 1.50. The van der Waals surface area contributed by atoms with Crippen LogP contribution in [-0.4, -0.2) is 34.8 Å². The summed E-state index contributed by atoms with van der Waals surface area (Å²) in [4.78, 5) is 17.6. The zero-order valence-corrected chi connectivity index (χ0v) is 11.6. The highest BCUT2D eigenvalue weighted by Gasteiger charge is 2.13. The van der Waals surface area contributed by atoms with Crippen LogP contribution in [0.25, 0.3) is 0 Å². The normalized spacial score (nSPS) is 12.2. The third-order valence-electron chi connectivity index (χ3n) is 2.16. The van der Waals surface area contributed by atoms with Crippen LogP contribution in [0.2, 0.25) is 0 Å². The van der Waals surface area contributed by atoms with Gasteiger partial charge in [0.1, 0.15) is 5.69 Å². The lowest BCUT2D eigenvalue weighted by molar-refractivity contribution is 0.0788. The van der Waals surface area contributed by atoms with Gasteiger partial charge in [0.25, 0.3) is 5.91 Å². The molecule has 1 aromatic rings. The third-order valence-corrected chi connectivity index (χ3v) is 2.84. The molecule has 0 fully saturated rings. The van der Waals surface area contributed by atoms with E-state index in [-0.39, 0.29) is 11.3 Å². The van der Waals surface area contributed by atoms with E-state index in [0.29, 0.717) is 12.2 Å². The number of aromatic nitrogens is 1. The standard InChI is InChI=1S/C11H14BrClN2O/c1-8(13)5-6-15(2)11(16)10-4-3-9(12)7-14-10/h3-4,7-8H,5-6H2,1-2H3. The molecule has 0 spiro atoms. The van der Waals surface area contributed by atoms with E-state index >= 15 is 0 Å². The largest absolute Gasteiger partial charge is 0.340 e. The van der Waals surface area contributed by atoms with Gasteiger partial charge in [-0.3, -0.25) is 4.79 Å². The lowest BCUT2D eigenvalue weighted by Gasteiger charge is -2.17. The molecular formula is C11H14BrClN2O. The number of hydrogen-bond donors (Lipinski definition) is 0. The molecule has 0 radical (unpaired) electrons. The summed E-state index contributed by atoms with van der Waals surface area (Å²) in [7, 11) is 1.76. The van der Waals surface area contributed by atoms with Gasteiger partial charge in [0.2, 0.25) is 0 Å². The Hall–Kier alpha value is -0.610. The average molecular weight is 306 g/mol. The zero-order valence-electron chi connectivity index (χ0n) is 9.28. The van der Waals surface area contributed by atoms with Crippen LogP contribution in [0.5, 0.6) is 0 Å². The van der Waals surface area contributed by atoms with Crippen molar-refractivity contribution in [2.24, 2.45) is 0 Å². The first kappa shape index (κ1) is 13.5. The molecule has 1 amide bonds. The first-order valence-corrected chi connectivity index (χ1v) is 6.24. The van der Waals surface area contributed by atoms with E-state index in [1.807, 2.05) is 6.92 Å². The molecule has 3 nitrogen and oxygen atoms in total. The van der Waals surface area contributed by atoms with Crippen molar-refractivity contribution in [2.45, 2.75) is 18.7 Å². The molecule has 0 saturated carbocycles. The summed E-state index contributed by atoms with van der Waals surface area (Å²) in [5, 5.41) is 0.0770. The molecule has 1 aromatic heterocycles. The van der Waals surface area contributed by atoms with Crippen LogP contribution in [0.4, 0.5) is 0 Å². The second-order valence-corrected chi connectivity index (χ2v) is 5.32. The Kier molecular flexibility index (Phi) is 5.22. The minimum absolute atomic E-state index is 0.0770. The number of alkyl halides is 1. The van der Waals surface area contributed by atoms with Gasteiger partial charge in [0.15, 0.2) is 0 Å². The predicted octanol–water partition coefficient (Wildman–Crippen LogP) is 2.93. The lowest BCUT2D eigenvalue weighted by Crippen LogP contribution is -2.29. The summed E-state index contributed by atoms with van der Waals surface area (Å²) < 4.78 is 0.862. The molecule has 1 rings (SSSR count). The molecule has 1 unspecified atom stereocenters. The highest BCUT2D eigenvalue weighted by molar-refractivity contribution is 9.10. The molecule has 0 saturated heterocycles. The van der Waals surface area contributed by atoms with Crippen molar-refractivity contribution in [2.75, 3.05) is 13.6 Å². The Morgan fingerprint density at radius 1 is 1.62 bits per heavy atom. The quantitative estimate of drug-likeness (QED) is 0.801. The second-order valence-electron chi connectivity index (χ2n) is 3.66. The van der Waals surface area contributed by atoms with Crippen LogP contribution in [-0.2, 0) is 0 Å². The van der Waals surface area contributed by atoms with Crippen molar-refractivity contribution in [1.29, 1.82) is 0 Å². The van der Waals surface area contributed by atoms with Gasteiger partial charge < -0.3 is 4.90 Å². The summed E-state index contributed by atoms with van der Waals surface area (Å²) in [5.41, 5.74) is 0.452. The van der Waals surface area contributed by atoms with E-state index in [1.165, 1.54) is 0 Å². The van der Waals surface area contributed by atoms with E-state index in [0.717, 1.165) is 10.9 Å². The van der Waals surface area contributed by atoms with Crippen molar-refractivity contribution in [3.63, 3.8) is 0 Å². The van der Waals surface area contributed by atoms with Gasteiger partial charge in [-0.25, -0.2) is 4.98 Å². The van der Waals surface area contributed by atoms with Crippen LogP contribution in [0.15, 0.2) is 22.8 Å². The van der Waals surface area contributed by atoms with Crippen molar-refractivity contribution >= 4 is 33.4 Å². The van der Waals surface area contributed by atoms with Gasteiger partial charge in [-0.05, 0) is 41.4 Å². The molecule has 0 N–H and O–H groups in total. The van der Waals surface area contributed by atoms with Crippen molar-refractivity contribution in [1.82, 2.24) is 9.88 Å². The van der Waals surface area contributed by atoms with E-state index < -0.39 is 0 Å². The molecule has 88 valence electrons. The van der Waals surface area contributed by atoms with Crippen LogP contribution < -0.4 is 0 Å². The molecular weight excluding hydrogens is 291 g/mol. The summed E-state index contributed by atoms with van der Waals surface area (Å²) in [6.07, 6.45) is 2.39. The second kappa shape index (κ2) is 6.21. The average Bonchev–Trinajstić information content (AvgIpc) is 2.26. The number of pyridine rings is 1. The molecule has 0 aliphatic rings. The maximum Gasteiger partial charge on any atom is 0.272 e. The number of rotatable bonds is 4. The fraction of sp³-hybridized carbons (Fsp3) is 0.455.